The van der Waals surface area contributed by atoms with Crippen molar-refractivity contribution in [2.24, 2.45) is 11.5 Å². The second-order valence-corrected chi connectivity index (χ2v) is 7.74. The zero-order chi connectivity index (χ0) is 23.5. The monoisotopic (exact) mass is 451 g/mol. The third kappa shape index (κ3) is 4.43. The van der Waals surface area contributed by atoms with Crippen LogP contribution in [0, 0.1) is 12.7 Å². The van der Waals surface area contributed by atoms with E-state index in [4.69, 9.17) is 16.2 Å². The number of nitrogens with two attached hydrogens (primary N) is 2. The second kappa shape index (κ2) is 9.39. The van der Waals surface area contributed by atoms with Crippen molar-refractivity contribution in [3.8, 4) is 11.6 Å². The first-order valence-electron chi connectivity index (χ1n) is 10.5. The first-order chi connectivity index (χ1) is 15.9. The molecule has 0 saturated carbocycles. The minimum Gasteiger partial charge on any atom is -0.435 e. The fraction of sp³-hybridized carbons (Fsp3) is 0.261. The average Bonchev–Trinajstić information content (AvgIpc) is 3.20. The molecule has 0 bridgehead atoms. The minimum atomic E-state index is -0.826. The van der Waals surface area contributed by atoms with Crippen molar-refractivity contribution in [3.05, 3.63) is 71.7 Å². The standard InChI is InChI=1S/C23H26FN7O2/c1-3-4-16(31-9-7-27-8-10-31)20(25)21-18(22(26)32)23(29-12-28-21)33-17-6-5-15-14(19(17)24)11-13(2)30-15/h3-6,11-12,20,27,30H,1,7-10,25H2,2H3,(H2,26,32)/b16-4+. The lowest BCUT2D eigenvalue weighted by molar-refractivity contribution is 0.0995. The molecule has 172 valence electrons. The van der Waals surface area contributed by atoms with E-state index in [9.17, 15) is 4.79 Å². The molecule has 0 aliphatic carbocycles. The fourth-order valence-electron chi connectivity index (χ4n) is 3.99. The van der Waals surface area contributed by atoms with Crippen LogP contribution >= 0.6 is 0 Å². The van der Waals surface area contributed by atoms with E-state index in [0.29, 0.717) is 10.9 Å². The number of primary amides is 1. The molecule has 1 fully saturated rings. The van der Waals surface area contributed by atoms with Crippen LogP contribution in [0.15, 0.2) is 49.0 Å². The third-order valence-corrected chi connectivity index (χ3v) is 5.52. The van der Waals surface area contributed by atoms with Gasteiger partial charge in [0.15, 0.2) is 11.6 Å². The maximum absolute atomic E-state index is 15.1. The topological polar surface area (TPSA) is 135 Å². The molecule has 1 amide bonds. The number of carbonyl (C=O) groups excluding carboxylic acids is 1. The Bertz CT molecular complexity index is 1230. The van der Waals surface area contributed by atoms with Crippen LogP contribution in [0.2, 0.25) is 0 Å². The number of hydrogen-bond acceptors (Lipinski definition) is 7. The Labute approximate surface area is 190 Å². The summed E-state index contributed by atoms with van der Waals surface area (Å²) < 4.78 is 20.8. The van der Waals surface area contributed by atoms with Crippen molar-refractivity contribution in [2.45, 2.75) is 13.0 Å². The van der Waals surface area contributed by atoms with Crippen molar-refractivity contribution >= 4 is 16.8 Å². The molecule has 3 heterocycles. The van der Waals surface area contributed by atoms with E-state index in [-0.39, 0.29) is 22.9 Å². The Morgan fingerprint density at radius 3 is 2.79 bits per heavy atom. The van der Waals surface area contributed by atoms with E-state index in [1.807, 2.05) is 6.92 Å². The number of aromatic amines is 1. The number of amides is 1. The minimum absolute atomic E-state index is 0.0915. The van der Waals surface area contributed by atoms with Crippen molar-refractivity contribution in [2.75, 3.05) is 26.2 Å². The molecule has 1 atom stereocenters. The number of benzene rings is 1. The molecule has 33 heavy (non-hydrogen) atoms. The van der Waals surface area contributed by atoms with Gasteiger partial charge in [-0.1, -0.05) is 12.7 Å². The quantitative estimate of drug-likeness (QED) is 0.405. The zero-order valence-electron chi connectivity index (χ0n) is 18.3. The maximum Gasteiger partial charge on any atom is 0.256 e. The van der Waals surface area contributed by atoms with Crippen LogP contribution in [0.5, 0.6) is 11.6 Å². The molecule has 0 spiro atoms. The van der Waals surface area contributed by atoms with E-state index in [1.165, 1.54) is 12.4 Å². The normalized spacial score (nSPS) is 15.5. The Balaban J connectivity index is 1.74. The van der Waals surface area contributed by atoms with Gasteiger partial charge in [-0.25, -0.2) is 14.4 Å². The summed E-state index contributed by atoms with van der Waals surface area (Å²) in [7, 11) is 0. The second-order valence-electron chi connectivity index (χ2n) is 7.74. The number of allylic oxidation sites excluding steroid dienone is 2. The van der Waals surface area contributed by atoms with Crippen molar-refractivity contribution < 1.29 is 13.9 Å². The molecule has 4 rings (SSSR count). The van der Waals surface area contributed by atoms with E-state index in [0.717, 1.165) is 37.6 Å². The van der Waals surface area contributed by atoms with E-state index >= 15 is 4.39 Å². The summed E-state index contributed by atoms with van der Waals surface area (Å²) in [4.78, 5) is 25.9. The highest BCUT2D eigenvalue weighted by Crippen LogP contribution is 2.33. The average molecular weight is 452 g/mol. The van der Waals surface area contributed by atoms with Crippen LogP contribution in [0.3, 0.4) is 0 Å². The van der Waals surface area contributed by atoms with Gasteiger partial charge in [-0.2, -0.15) is 0 Å². The molecule has 1 saturated heterocycles. The molecular formula is C23H26FN7O2. The molecule has 1 aliphatic heterocycles. The van der Waals surface area contributed by atoms with Crippen LogP contribution in [-0.4, -0.2) is 51.9 Å². The molecule has 10 heteroatoms. The lowest BCUT2D eigenvalue weighted by Gasteiger charge is -2.34. The molecule has 6 N–H and O–H groups in total. The Kier molecular flexibility index (Phi) is 6.38. The number of aromatic nitrogens is 3. The van der Waals surface area contributed by atoms with Crippen LogP contribution in [-0.2, 0) is 0 Å². The molecule has 9 nitrogen and oxygen atoms in total. The summed E-state index contributed by atoms with van der Waals surface area (Å²) in [6, 6.07) is 4.03. The molecule has 1 aromatic carbocycles. The van der Waals surface area contributed by atoms with Gasteiger partial charge >= 0.3 is 0 Å². The summed E-state index contributed by atoms with van der Waals surface area (Å²) in [5, 5.41) is 3.65. The summed E-state index contributed by atoms with van der Waals surface area (Å²) >= 11 is 0. The number of fused-ring (bicyclic) bond motifs is 1. The SMILES string of the molecule is C=C/C=C(\C(N)c1ncnc(Oc2ccc3[nH]c(C)cc3c2F)c1C(N)=O)N1CCNCC1. The molecule has 3 aromatic rings. The molecular weight excluding hydrogens is 425 g/mol. The van der Waals surface area contributed by atoms with Crippen molar-refractivity contribution in [1.82, 2.24) is 25.2 Å². The van der Waals surface area contributed by atoms with Gasteiger partial charge in [-0.15, -0.1) is 0 Å². The first kappa shape index (κ1) is 22.4. The number of nitrogens with zero attached hydrogens (tertiary/aromatic N) is 3. The van der Waals surface area contributed by atoms with Crippen LogP contribution in [0.4, 0.5) is 4.39 Å². The van der Waals surface area contributed by atoms with E-state index in [1.54, 1.807) is 24.3 Å². The Morgan fingerprint density at radius 1 is 1.33 bits per heavy atom. The van der Waals surface area contributed by atoms with Gasteiger partial charge in [0.1, 0.15) is 11.9 Å². The smallest absolute Gasteiger partial charge is 0.256 e. The number of ether oxygens (including phenoxy) is 1. The largest absolute Gasteiger partial charge is 0.435 e. The fourth-order valence-corrected chi connectivity index (χ4v) is 3.99. The van der Waals surface area contributed by atoms with Gasteiger partial charge in [0, 0.05) is 48.5 Å². The van der Waals surface area contributed by atoms with Gasteiger partial charge in [-0.05, 0) is 31.2 Å². The number of piperazine rings is 1. The number of nitrogens with one attached hydrogen (secondary N) is 2. The molecule has 1 aliphatic rings. The van der Waals surface area contributed by atoms with Crippen molar-refractivity contribution in [3.63, 3.8) is 0 Å². The predicted molar refractivity (Wildman–Crippen MR) is 123 cm³/mol. The highest BCUT2D eigenvalue weighted by Gasteiger charge is 2.28. The summed E-state index contributed by atoms with van der Waals surface area (Å²) in [6.45, 7) is 8.65. The van der Waals surface area contributed by atoms with Gasteiger partial charge in [0.05, 0.1) is 11.7 Å². The van der Waals surface area contributed by atoms with Crippen LogP contribution in [0.25, 0.3) is 10.9 Å². The Hall–Kier alpha value is -3.76. The highest BCUT2D eigenvalue weighted by atomic mass is 19.1. The maximum atomic E-state index is 15.1. The van der Waals surface area contributed by atoms with Gasteiger partial charge in [0.2, 0.25) is 5.88 Å². The predicted octanol–water partition coefficient (Wildman–Crippen LogP) is 2.27. The lowest BCUT2D eigenvalue weighted by atomic mass is 10.0. The third-order valence-electron chi connectivity index (χ3n) is 5.52. The van der Waals surface area contributed by atoms with E-state index in [2.05, 4.69) is 31.7 Å². The summed E-state index contributed by atoms with van der Waals surface area (Å²) in [6.07, 6.45) is 4.63. The number of carbonyl (C=O) groups is 1. The Morgan fingerprint density at radius 2 is 2.09 bits per heavy atom. The summed E-state index contributed by atoms with van der Waals surface area (Å²) in [5.74, 6) is -1.66. The van der Waals surface area contributed by atoms with Crippen molar-refractivity contribution in [1.29, 1.82) is 0 Å². The summed E-state index contributed by atoms with van der Waals surface area (Å²) in [5.41, 5.74) is 14.5. The van der Waals surface area contributed by atoms with Gasteiger partial charge in [-0.3, -0.25) is 4.79 Å². The molecule has 2 aromatic heterocycles. The first-order valence-corrected chi connectivity index (χ1v) is 10.5. The van der Waals surface area contributed by atoms with Crippen LogP contribution in [0.1, 0.15) is 27.8 Å². The van der Waals surface area contributed by atoms with E-state index < -0.39 is 17.8 Å². The number of hydrogen-bond donors (Lipinski definition) is 4. The lowest BCUT2D eigenvalue weighted by Crippen LogP contribution is -2.45. The van der Waals surface area contributed by atoms with Gasteiger partial charge < -0.3 is 31.4 Å². The molecule has 1 unspecified atom stereocenters. The van der Waals surface area contributed by atoms with Crippen LogP contribution < -0.4 is 21.5 Å². The highest BCUT2D eigenvalue weighted by molar-refractivity contribution is 5.96. The number of H-pyrrole nitrogens is 1. The molecule has 0 radical (unpaired) electrons. The van der Waals surface area contributed by atoms with Gasteiger partial charge in [0.25, 0.3) is 5.91 Å². The zero-order valence-corrected chi connectivity index (χ0v) is 18.3. The number of rotatable bonds is 7. The number of aryl methyl sites for hydroxylation is 1. The number of halogens is 1.